The van der Waals surface area contributed by atoms with Gasteiger partial charge in [-0.3, -0.25) is 0 Å². The average molecular weight is 309 g/mol. The molecule has 0 saturated carbocycles. The van der Waals surface area contributed by atoms with E-state index in [1.807, 2.05) is 23.0 Å². The first kappa shape index (κ1) is 13.2. The Kier molecular flexibility index (Phi) is 4.49. The summed E-state index contributed by atoms with van der Waals surface area (Å²) in [6.45, 7) is 2.84. The second kappa shape index (κ2) is 6.11. The number of benzene rings is 1. The lowest BCUT2D eigenvalue weighted by atomic mass is 10.1. The number of hydrogen-bond donors (Lipinski definition) is 1. The van der Waals surface area contributed by atoms with E-state index in [2.05, 4.69) is 45.3 Å². The van der Waals surface area contributed by atoms with Crippen LogP contribution in [0.25, 0.3) is 0 Å². The van der Waals surface area contributed by atoms with Gasteiger partial charge in [0.05, 0.1) is 24.5 Å². The maximum atomic E-state index is 6.01. The molecule has 0 radical (unpaired) electrons. The summed E-state index contributed by atoms with van der Waals surface area (Å²) >= 11 is 3.42. The van der Waals surface area contributed by atoms with Crippen LogP contribution in [0.3, 0.4) is 0 Å². The van der Waals surface area contributed by atoms with Gasteiger partial charge in [-0.25, -0.2) is 4.68 Å². The van der Waals surface area contributed by atoms with Crippen molar-refractivity contribution in [1.29, 1.82) is 0 Å². The topological polar surface area (TPSA) is 56.7 Å². The van der Waals surface area contributed by atoms with Gasteiger partial charge in [0, 0.05) is 4.47 Å². The van der Waals surface area contributed by atoms with E-state index in [1.165, 1.54) is 5.56 Å². The lowest BCUT2D eigenvalue weighted by Crippen LogP contribution is -2.10. The van der Waals surface area contributed by atoms with Crippen LogP contribution in [-0.2, 0) is 6.54 Å². The van der Waals surface area contributed by atoms with Crippen molar-refractivity contribution >= 4 is 15.9 Å². The summed E-state index contributed by atoms with van der Waals surface area (Å²) in [6, 6.07) is 8.18. The molecule has 0 saturated heterocycles. The van der Waals surface area contributed by atoms with Gasteiger partial charge in [0.2, 0.25) is 0 Å². The van der Waals surface area contributed by atoms with Gasteiger partial charge in [-0.2, -0.15) is 0 Å². The first-order valence-corrected chi connectivity index (χ1v) is 6.88. The van der Waals surface area contributed by atoms with E-state index in [-0.39, 0.29) is 6.04 Å². The Morgan fingerprint density at radius 3 is 2.72 bits per heavy atom. The molecule has 0 fully saturated rings. The SMILES string of the molecule is CCCC(N)c1cn(Cc2ccc(Br)cc2)nn1. The second-order valence-electron chi connectivity index (χ2n) is 4.36. The molecule has 4 nitrogen and oxygen atoms in total. The largest absolute Gasteiger partial charge is 0.323 e. The van der Waals surface area contributed by atoms with E-state index < -0.39 is 0 Å². The van der Waals surface area contributed by atoms with Crippen molar-refractivity contribution in [3.8, 4) is 0 Å². The minimum Gasteiger partial charge on any atom is -0.323 e. The van der Waals surface area contributed by atoms with Crippen molar-refractivity contribution in [1.82, 2.24) is 15.0 Å². The summed E-state index contributed by atoms with van der Waals surface area (Å²) in [7, 11) is 0. The summed E-state index contributed by atoms with van der Waals surface area (Å²) < 4.78 is 2.91. The third-order valence-corrected chi connectivity index (χ3v) is 3.32. The number of rotatable bonds is 5. The van der Waals surface area contributed by atoms with Crippen LogP contribution in [0.1, 0.15) is 37.1 Å². The fraction of sp³-hybridized carbons (Fsp3) is 0.385. The van der Waals surface area contributed by atoms with E-state index >= 15 is 0 Å². The van der Waals surface area contributed by atoms with Crippen molar-refractivity contribution in [2.24, 2.45) is 5.73 Å². The van der Waals surface area contributed by atoms with Crippen molar-refractivity contribution in [3.63, 3.8) is 0 Å². The fourth-order valence-electron chi connectivity index (χ4n) is 1.80. The van der Waals surface area contributed by atoms with Crippen LogP contribution in [0.2, 0.25) is 0 Å². The standard InChI is InChI=1S/C13H17BrN4/c1-2-3-12(15)13-9-18(17-16-13)8-10-4-6-11(14)7-5-10/h4-7,9,12H,2-3,8,15H2,1H3. The third-order valence-electron chi connectivity index (χ3n) is 2.79. The number of hydrogen-bond acceptors (Lipinski definition) is 3. The molecule has 2 N–H and O–H groups in total. The van der Waals surface area contributed by atoms with E-state index in [0.717, 1.165) is 29.6 Å². The molecule has 18 heavy (non-hydrogen) atoms. The molecule has 0 spiro atoms. The molecule has 0 aliphatic heterocycles. The fourth-order valence-corrected chi connectivity index (χ4v) is 2.06. The summed E-state index contributed by atoms with van der Waals surface area (Å²) in [6.07, 6.45) is 3.93. The highest BCUT2D eigenvalue weighted by Gasteiger charge is 2.09. The van der Waals surface area contributed by atoms with Crippen LogP contribution in [0, 0.1) is 0 Å². The Morgan fingerprint density at radius 1 is 1.33 bits per heavy atom. The Hall–Kier alpha value is -1.20. The zero-order chi connectivity index (χ0) is 13.0. The Balaban J connectivity index is 2.04. The van der Waals surface area contributed by atoms with Gasteiger partial charge in [-0.15, -0.1) is 5.10 Å². The molecular formula is C13H17BrN4. The maximum absolute atomic E-state index is 6.01. The van der Waals surface area contributed by atoms with E-state index in [0.29, 0.717) is 0 Å². The first-order valence-electron chi connectivity index (χ1n) is 6.09. The minimum atomic E-state index is -0.00586. The predicted octanol–water partition coefficient (Wildman–Crippen LogP) is 2.89. The highest BCUT2D eigenvalue weighted by atomic mass is 79.9. The lowest BCUT2D eigenvalue weighted by molar-refractivity contribution is 0.617. The smallest absolute Gasteiger partial charge is 0.0994 e. The van der Waals surface area contributed by atoms with Crippen LogP contribution in [-0.4, -0.2) is 15.0 Å². The number of nitrogens with zero attached hydrogens (tertiary/aromatic N) is 3. The molecule has 1 unspecified atom stereocenters. The van der Waals surface area contributed by atoms with E-state index in [1.54, 1.807) is 0 Å². The number of aromatic nitrogens is 3. The zero-order valence-corrected chi connectivity index (χ0v) is 12.0. The van der Waals surface area contributed by atoms with Crippen molar-refractivity contribution < 1.29 is 0 Å². The molecule has 0 amide bonds. The summed E-state index contributed by atoms with van der Waals surface area (Å²) in [5.74, 6) is 0. The molecule has 2 aromatic rings. The summed E-state index contributed by atoms with van der Waals surface area (Å²) in [5, 5.41) is 8.24. The molecule has 5 heteroatoms. The van der Waals surface area contributed by atoms with E-state index in [9.17, 15) is 0 Å². The van der Waals surface area contributed by atoms with Crippen molar-refractivity contribution in [3.05, 3.63) is 46.2 Å². The highest BCUT2D eigenvalue weighted by Crippen LogP contribution is 2.14. The molecular weight excluding hydrogens is 292 g/mol. The molecule has 96 valence electrons. The predicted molar refractivity (Wildman–Crippen MR) is 75.1 cm³/mol. The van der Waals surface area contributed by atoms with Gasteiger partial charge >= 0.3 is 0 Å². The molecule has 1 atom stereocenters. The summed E-state index contributed by atoms with van der Waals surface area (Å²) in [5.41, 5.74) is 8.07. The number of nitrogens with two attached hydrogens (primary N) is 1. The Bertz CT molecular complexity index is 492. The Morgan fingerprint density at radius 2 is 2.06 bits per heavy atom. The minimum absolute atomic E-state index is 0.00586. The van der Waals surface area contributed by atoms with Crippen LogP contribution in [0.4, 0.5) is 0 Å². The molecule has 2 rings (SSSR count). The average Bonchev–Trinajstić information content (AvgIpc) is 2.81. The van der Waals surface area contributed by atoms with Crippen molar-refractivity contribution in [2.75, 3.05) is 0 Å². The molecule has 0 aliphatic rings. The van der Waals surface area contributed by atoms with Gasteiger partial charge in [0.25, 0.3) is 0 Å². The highest BCUT2D eigenvalue weighted by molar-refractivity contribution is 9.10. The van der Waals surface area contributed by atoms with Crippen LogP contribution >= 0.6 is 15.9 Å². The normalized spacial score (nSPS) is 12.6. The van der Waals surface area contributed by atoms with Gasteiger partial charge < -0.3 is 5.73 Å². The van der Waals surface area contributed by atoms with Gasteiger partial charge in [-0.1, -0.05) is 46.6 Å². The van der Waals surface area contributed by atoms with Gasteiger partial charge in [0.1, 0.15) is 0 Å². The van der Waals surface area contributed by atoms with Crippen LogP contribution in [0.5, 0.6) is 0 Å². The quantitative estimate of drug-likeness (QED) is 0.924. The molecule has 0 bridgehead atoms. The van der Waals surface area contributed by atoms with Crippen LogP contribution in [0.15, 0.2) is 34.9 Å². The maximum Gasteiger partial charge on any atom is 0.0994 e. The number of halogens is 1. The Labute approximate surface area is 115 Å². The lowest BCUT2D eigenvalue weighted by Gasteiger charge is -2.04. The van der Waals surface area contributed by atoms with Crippen molar-refractivity contribution in [2.45, 2.75) is 32.4 Å². The zero-order valence-electron chi connectivity index (χ0n) is 10.4. The van der Waals surface area contributed by atoms with Gasteiger partial charge in [0.15, 0.2) is 0 Å². The molecule has 1 aromatic heterocycles. The molecule has 0 aliphatic carbocycles. The third kappa shape index (κ3) is 3.40. The van der Waals surface area contributed by atoms with E-state index in [4.69, 9.17) is 5.73 Å². The summed E-state index contributed by atoms with van der Waals surface area (Å²) in [4.78, 5) is 0. The molecule has 1 aromatic carbocycles. The van der Waals surface area contributed by atoms with Gasteiger partial charge in [-0.05, 0) is 24.1 Å². The monoisotopic (exact) mass is 308 g/mol. The van der Waals surface area contributed by atoms with Crippen LogP contribution < -0.4 is 5.73 Å². The first-order chi connectivity index (χ1) is 8.69. The second-order valence-corrected chi connectivity index (χ2v) is 5.28. The molecule has 1 heterocycles.